The first-order chi connectivity index (χ1) is 17.7. The van der Waals surface area contributed by atoms with Crippen LogP contribution in [0, 0.1) is 5.82 Å². The smallest absolute Gasteiger partial charge is 0.416 e. The maximum absolute atomic E-state index is 13.9. The lowest BCUT2D eigenvalue weighted by atomic mass is 9.92. The number of nitrogens with two attached hydrogens (primary N) is 1. The number of amides is 2. The molecular formula is C26H19F4N5O2. The molecule has 2 amide bonds. The number of aromatic nitrogens is 2. The molecule has 0 fully saturated rings. The van der Waals surface area contributed by atoms with E-state index in [1.54, 1.807) is 42.9 Å². The third kappa shape index (κ3) is 4.88. The van der Waals surface area contributed by atoms with Gasteiger partial charge < -0.3 is 21.1 Å². The molecule has 0 saturated carbocycles. The van der Waals surface area contributed by atoms with E-state index in [0.717, 1.165) is 22.3 Å². The molecular weight excluding hydrogens is 490 g/mol. The molecule has 4 N–H and O–H groups in total. The van der Waals surface area contributed by atoms with E-state index in [9.17, 15) is 22.4 Å². The van der Waals surface area contributed by atoms with Crippen molar-refractivity contribution in [3.05, 3.63) is 95.7 Å². The van der Waals surface area contributed by atoms with Crippen molar-refractivity contribution in [3.63, 3.8) is 0 Å². The summed E-state index contributed by atoms with van der Waals surface area (Å²) >= 11 is 0. The van der Waals surface area contributed by atoms with Gasteiger partial charge >= 0.3 is 12.2 Å². The number of fused-ring (bicyclic) bond motifs is 1. The summed E-state index contributed by atoms with van der Waals surface area (Å²) in [5, 5.41) is 4.59. The Bertz CT molecular complexity index is 1460. The minimum absolute atomic E-state index is 0.207. The van der Waals surface area contributed by atoms with Crippen molar-refractivity contribution in [2.24, 2.45) is 0 Å². The van der Waals surface area contributed by atoms with Crippen molar-refractivity contribution in [2.45, 2.75) is 12.1 Å². The average Bonchev–Trinajstić information content (AvgIpc) is 3.32. The number of ether oxygens (including phenoxy) is 1. The monoisotopic (exact) mass is 509 g/mol. The maximum atomic E-state index is 13.9. The lowest BCUT2D eigenvalue weighted by Gasteiger charge is -2.14. The van der Waals surface area contributed by atoms with Crippen LogP contribution in [0.15, 0.2) is 73.2 Å². The molecule has 0 aliphatic carbocycles. The molecule has 3 heterocycles. The fraction of sp³-hybridized carbons (Fsp3) is 0.115. The number of alkyl halides is 3. The number of rotatable bonds is 4. The number of carbonyl (C=O) groups excluding carboxylic acids is 1. The SMILES string of the molecule is Nc1ncc(-c2cccnc2)c2c1C(c1ccc(NC(=O)Nc3cc(C(F)(F)F)ccc3F)cc1)CO2. The van der Waals surface area contributed by atoms with Crippen LogP contribution < -0.4 is 21.1 Å². The predicted molar refractivity (Wildman–Crippen MR) is 130 cm³/mol. The minimum Gasteiger partial charge on any atom is -0.491 e. The summed E-state index contributed by atoms with van der Waals surface area (Å²) < 4.78 is 58.6. The standard InChI is InChI=1S/C26H19F4N5O2/c27-20-8-5-16(26(28,29)30)10-21(20)35-25(36)34-17-6-3-14(4-7-17)19-13-37-23-18(12-33-24(31)22(19)23)15-2-1-9-32-11-15/h1-12,19H,13H2,(H2,31,33)(H2,34,35,36). The number of nitrogens with one attached hydrogen (secondary N) is 2. The van der Waals surface area contributed by atoms with Gasteiger partial charge in [-0.05, 0) is 42.0 Å². The predicted octanol–water partition coefficient (Wildman–Crippen LogP) is 6.05. The van der Waals surface area contributed by atoms with Crippen LogP contribution in [0.25, 0.3) is 11.1 Å². The van der Waals surface area contributed by atoms with Gasteiger partial charge in [-0.3, -0.25) is 4.98 Å². The van der Waals surface area contributed by atoms with Gasteiger partial charge in [0, 0.05) is 41.0 Å². The van der Waals surface area contributed by atoms with Crippen molar-refractivity contribution < 1.29 is 27.1 Å². The number of pyridine rings is 2. The van der Waals surface area contributed by atoms with Crippen molar-refractivity contribution in [2.75, 3.05) is 23.0 Å². The first kappa shape index (κ1) is 24.0. The first-order valence-corrected chi connectivity index (χ1v) is 11.1. The highest BCUT2D eigenvalue weighted by Gasteiger charge is 2.32. The topological polar surface area (TPSA) is 102 Å². The second kappa shape index (κ2) is 9.41. The molecule has 2 aromatic heterocycles. The fourth-order valence-electron chi connectivity index (χ4n) is 4.14. The number of anilines is 3. The second-order valence-electron chi connectivity index (χ2n) is 8.30. The highest BCUT2D eigenvalue weighted by atomic mass is 19.4. The Labute approximate surface area is 208 Å². The molecule has 0 bridgehead atoms. The molecule has 5 rings (SSSR count). The van der Waals surface area contributed by atoms with Gasteiger partial charge in [0.05, 0.1) is 23.8 Å². The number of hydrogen-bond donors (Lipinski definition) is 3. The van der Waals surface area contributed by atoms with Crippen LogP contribution in [0.1, 0.15) is 22.6 Å². The van der Waals surface area contributed by atoms with Crippen LogP contribution in [0.4, 0.5) is 39.5 Å². The zero-order valence-corrected chi connectivity index (χ0v) is 19.0. The number of hydrogen-bond acceptors (Lipinski definition) is 5. The van der Waals surface area contributed by atoms with E-state index in [1.165, 1.54) is 0 Å². The van der Waals surface area contributed by atoms with Crippen LogP contribution in [-0.4, -0.2) is 22.6 Å². The Morgan fingerprint density at radius 3 is 2.54 bits per heavy atom. The molecule has 1 unspecified atom stereocenters. The fourth-order valence-corrected chi connectivity index (χ4v) is 4.14. The Kier molecular flexibility index (Phi) is 6.12. The van der Waals surface area contributed by atoms with E-state index < -0.39 is 29.3 Å². The third-order valence-electron chi connectivity index (χ3n) is 5.93. The van der Waals surface area contributed by atoms with Crippen LogP contribution in [0.5, 0.6) is 5.75 Å². The van der Waals surface area contributed by atoms with Crippen LogP contribution in [0.2, 0.25) is 0 Å². The molecule has 4 aromatic rings. The molecule has 1 aliphatic rings. The lowest BCUT2D eigenvalue weighted by molar-refractivity contribution is -0.137. The molecule has 0 saturated heterocycles. The van der Waals surface area contributed by atoms with Crippen molar-refractivity contribution in [1.29, 1.82) is 0 Å². The maximum Gasteiger partial charge on any atom is 0.416 e. The lowest BCUT2D eigenvalue weighted by Crippen LogP contribution is -2.20. The number of benzene rings is 2. The number of nitrogen functional groups attached to an aromatic ring is 1. The molecule has 11 heteroatoms. The van der Waals surface area contributed by atoms with E-state index in [1.807, 2.05) is 12.1 Å². The Hall–Kier alpha value is -4.67. The van der Waals surface area contributed by atoms with Crippen LogP contribution in [0.3, 0.4) is 0 Å². The van der Waals surface area contributed by atoms with Crippen molar-refractivity contribution in [3.8, 4) is 16.9 Å². The summed E-state index contributed by atoms with van der Waals surface area (Å²) in [5.41, 5.74) is 8.10. The summed E-state index contributed by atoms with van der Waals surface area (Å²) in [5.74, 6) is -0.221. The Morgan fingerprint density at radius 2 is 1.84 bits per heavy atom. The van der Waals surface area contributed by atoms with Crippen molar-refractivity contribution >= 4 is 23.2 Å². The van der Waals surface area contributed by atoms with E-state index in [-0.39, 0.29) is 5.92 Å². The minimum atomic E-state index is -4.67. The highest BCUT2D eigenvalue weighted by Crippen LogP contribution is 2.46. The molecule has 1 aliphatic heterocycles. The van der Waals surface area contributed by atoms with Gasteiger partial charge in [0.15, 0.2) is 0 Å². The molecule has 188 valence electrons. The molecule has 7 nitrogen and oxygen atoms in total. The molecule has 1 atom stereocenters. The highest BCUT2D eigenvalue weighted by molar-refractivity contribution is 5.99. The molecule has 0 radical (unpaired) electrons. The van der Waals surface area contributed by atoms with E-state index in [4.69, 9.17) is 10.5 Å². The largest absolute Gasteiger partial charge is 0.491 e. The summed E-state index contributed by atoms with van der Waals surface area (Å²) in [7, 11) is 0. The van der Waals surface area contributed by atoms with Gasteiger partial charge in [0.2, 0.25) is 0 Å². The van der Waals surface area contributed by atoms with Gasteiger partial charge in [-0.2, -0.15) is 13.2 Å². The van der Waals surface area contributed by atoms with Gasteiger partial charge in [-0.1, -0.05) is 18.2 Å². The molecule has 2 aromatic carbocycles. The zero-order valence-electron chi connectivity index (χ0n) is 19.0. The second-order valence-corrected chi connectivity index (χ2v) is 8.30. The van der Waals surface area contributed by atoms with Gasteiger partial charge in [-0.25, -0.2) is 14.2 Å². The van der Waals surface area contributed by atoms with E-state index in [2.05, 4.69) is 20.6 Å². The Balaban J connectivity index is 1.32. The zero-order chi connectivity index (χ0) is 26.2. The normalized spacial score (nSPS) is 14.5. The van der Waals surface area contributed by atoms with Crippen LogP contribution in [-0.2, 0) is 6.18 Å². The number of nitrogens with zero attached hydrogens (tertiary/aromatic N) is 2. The number of urea groups is 1. The van der Waals surface area contributed by atoms with Gasteiger partial charge in [-0.15, -0.1) is 0 Å². The summed E-state index contributed by atoms with van der Waals surface area (Å²) in [6.45, 7) is 0.334. The molecule has 37 heavy (non-hydrogen) atoms. The summed E-state index contributed by atoms with van der Waals surface area (Å²) in [6, 6.07) is 11.4. The molecule has 0 spiro atoms. The van der Waals surface area contributed by atoms with Crippen molar-refractivity contribution in [1.82, 2.24) is 9.97 Å². The van der Waals surface area contributed by atoms with E-state index >= 15 is 0 Å². The summed E-state index contributed by atoms with van der Waals surface area (Å²) in [4.78, 5) is 20.8. The average molecular weight is 509 g/mol. The van der Waals surface area contributed by atoms with Gasteiger partial charge in [0.1, 0.15) is 17.4 Å². The van der Waals surface area contributed by atoms with Gasteiger partial charge in [0.25, 0.3) is 0 Å². The van der Waals surface area contributed by atoms with Crippen LogP contribution >= 0.6 is 0 Å². The quantitative estimate of drug-likeness (QED) is 0.291. The Morgan fingerprint density at radius 1 is 1.05 bits per heavy atom. The third-order valence-corrected chi connectivity index (χ3v) is 5.93. The number of halogens is 4. The van der Waals surface area contributed by atoms with E-state index in [0.29, 0.717) is 42.1 Å². The number of carbonyl (C=O) groups is 1. The first-order valence-electron chi connectivity index (χ1n) is 11.1. The summed E-state index contributed by atoms with van der Waals surface area (Å²) in [6.07, 6.45) is 0.355.